The zero-order chi connectivity index (χ0) is 15.8. The molecule has 2 rings (SSSR count). The van der Waals surface area contributed by atoms with E-state index >= 15 is 0 Å². The number of aryl methyl sites for hydroxylation is 1. The number of hydrogen-bond acceptors (Lipinski definition) is 3. The lowest BCUT2D eigenvalue weighted by Gasteiger charge is -2.23. The number of aromatic nitrogens is 1. The number of carbonyl (C=O) groups excluding carboxylic acids is 1. The maximum atomic E-state index is 12.3. The van der Waals surface area contributed by atoms with Crippen LogP contribution < -0.4 is 5.56 Å². The summed E-state index contributed by atoms with van der Waals surface area (Å²) in [6, 6.07) is 1.55. The average Bonchev–Trinajstić information content (AvgIpc) is 3.15. The van der Waals surface area contributed by atoms with Crippen molar-refractivity contribution in [2.45, 2.75) is 54.0 Å². The molecule has 1 heterocycles. The maximum Gasteiger partial charge on any atom is 0.340 e. The molecule has 0 N–H and O–H groups in total. The highest BCUT2D eigenvalue weighted by Crippen LogP contribution is 2.53. The summed E-state index contributed by atoms with van der Waals surface area (Å²) in [5.41, 5.74) is 2.16. The number of nitrogens with zero attached hydrogens (tertiary/aromatic N) is 1. The second-order valence-corrected chi connectivity index (χ2v) is 6.45. The summed E-state index contributed by atoms with van der Waals surface area (Å²) in [6.45, 7) is 10.9. The van der Waals surface area contributed by atoms with Crippen LogP contribution in [0.2, 0.25) is 0 Å². The van der Waals surface area contributed by atoms with E-state index in [0.717, 1.165) is 18.5 Å². The molecule has 0 aromatic carbocycles. The highest BCUT2D eigenvalue weighted by atomic mass is 16.5. The molecule has 1 saturated carbocycles. The molecule has 0 bridgehead atoms. The molecule has 4 heteroatoms. The van der Waals surface area contributed by atoms with Crippen LogP contribution in [0.1, 0.15) is 55.2 Å². The van der Waals surface area contributed by atoms with Crippen molar-refractivity contribution >= 4 is 5.97 Å². The molecular formula is C17H25NO3. The van der Waals surface area contributed by atoms with Gasteiger partial charge in [-0.05, 0) is 50.5 Å². The first-order chi connectivity index (χ1) is 9.82. The van der Waals surface area contributed by atoms with Gasteiger partial charge in [0.2, 0.25) is 0 Å². The lowest BCUT2D eigenvalue weighted by atomic mass is 9.92. The van der Waals surface area contributed by atoms with Crippen LogP contribution in [0.3, 0.4) is 0 Å². The van der Waals surface area contributed by atoms with Crippen LogP contribution in [0.5, 0.6) is 0 Å². The van der Waals surface area contributed by atoms with Crippen molar-refractivity contribution in [2.75, 3.05) is 6.61 Å². The number of rotatable bonds is 5. The van der Waals surface area contributed by atoms with Crippen molar-refractivity contribution in [3.8, 4) is 0 Å². The van der Waals surface area contributed by atoms with E-state index in [9.17, 15) is 9.59 Å². The van der Waals surface area contributed by atoms with Crippen molar-refractivity contribution in [1.29, 1.82) is 0 Å². The van der Waals surface area contributed by atoms with Crippen molar-refractivity contribution in [3.05, 3.63) is 33.2 Å². The highest BCUT2D eigenvalue weighted by molar-refractivity contribution is 5.92. The fourth-order valence-corrected chi connectivity index (χ4v) is 3.02. The van der Waals surface area contributed by atoms with Crippen molar-refractivity contribution in [3.63, 3.8) is 0 Å². The van der Waals surface area contributed by atoms with E-state index in [4.69, 9.17) is 4.74 Å². The lowest BCUT2D eigenvalue weighted by Crippen LogP contribution is -2.31. The Labute approximate surface area is 126 Å². The summed E-state index contributed by atoms with van der Waals surface area (Å²) in [5, 5.41) is 0. The summed E-state index contributed by atoms with van der Waals surface area (Å²) in [6.07, 6.45) is 2.30. The minimum atomic E-state index is -0.337. The van der Waals surface area contributed by atoms with Crippen LogP contribution in [-0.4, -0.2) is 17.1 Å². The van der Waals surface area contributed by atoms with Crippen LogP contribution >= 0.6 is 0 Å². The topological polar surface area (TPSA) is 48.3 Å². The highest BCUT2D eigenvalue weighted by Gasteiger charge is 2.46. The van der Waals surface area contributed by atoms with Crippen LogP contribution in [-0.2, 0) is 11.3 Å². The number of pyridine rings is 1. The monoisotopic (exact) mass is 291 g/mol. The molecule has 1 aromatic rings. The molecule has 0 amide bonds. The van der Waals surface area contributed by atoms with Crippen molar-refractivity contribution in [1.82, 2.24) is 4.57 Å². The fraction of sp³-hybridized carbons (Fsp3) is 0.647. The summed E-state index contributed by atoms with van der Waals surface area (Å²) in [4.78, 5) is 24.5. The van der Waals surface area contributed by atoms with Gasteiger partial charge in [-0.1, -0.05) is 13.8 Å². The van der Waals surface area contributed by atoms with Gasteiger partial charge in [0.25, 0.3) is 5.56 Å². The van der Waals surface area contributed by atoms with Gasteiger partial charge in [-0.3, -0.25) is 4.79 Å². The minimum absolute atomic E-state index is 0.0232. The molecular weight excluding hydrogens is 266 g/mol. The number of ether oxygens (including phenoxy) is 1. The van der Waals surface area contributed by atoms with E-state index in [1.165, 1.54) is 0 Å². The molecule has 0 radical (unpaired) electrons. The summed E-state index contributed by atoms with van der Waals surface area (Å²) in [7, 11) is 0. The summed E-state index contributed by atoms with van der Waals surface area (Å²) < 4.78 is 6.88. The van der Waals surface area contributed by atoms with Gasteiger partial charge in [0, 0.05) is 18.3 Å². The van der Waals surface area contributed by atoms with Gasteiger partial charge in [0.05, 0.1) is 12.2 Å². The molecule has 1 aromatic heterocycles. The zero-order valence-corrected chi connectivity index (χ0v) is 13.7. The molecule has 116 valence electrons. The van der Waals surface area contributed by atoms with Gasteiger partial charge >= 0.3 is 5.97 Å². The second kappa shape index (κ2) is 5.66. The van der Waals surface area contributed by atoms with Gasteiger partial charge in [0.15, 0.2) is 0 Å². The molecule has 1 fully saturated rings. The standard InChI is InChI=1S/C17H25NO3/c1-6-21-16(20)15-12(4)9-14(19)18(13(15)5)10-17(7-8-17)11(2)3/h9,11H,6-8,10H2,1-5H3. The Bertz CT molecular complexity index is 609. The van der Waals surface area contributed by atoms with Crippen molar-refractivity contribution < 1.29 is 9.53 Å². The van der Waals surface area contributed by atoms with E-state index in [2.05, 4.69) is 13.8 Å². The van der Waals surface area contributed by atoms with E-state index in [-0.39, 0.29) is 16.9 Å². The van der Waals surface area contributed by atoms with Gasteiger partial charge in [-0.15, -0.1) is 0 Å². The first-order valence-electron chi connectivity index (χ1n) is 7.70. The average molecular weight is 291 g/mol. The predicted octanol–water partition coefficient (Wildman–Crippen LogP) is 3.08. The minimum Gasteiger partial charge on any atom is -0.462 e. The third kappa shape index (κ3) is 2.89. The predicted molar refractivity (Wildman–Crippen MR) is 82.6 cm³/mol. The van der Waals surface area contributed by atoms with Gasteiger partial charge in [-0.2, -0.15) is 0 Å². The Kier molecular flexibility index (Phi) is 4.26. The third-order valence-corrected chi connectivity index (χ3v) is 4.84. The first kappa shape index (κ1) is 15.8. The smallest absolute Gasteiger partial charge is 0.340 e. The van der Waals surface area contributed by atoms with Crippen LogP contribution in [0, 0.1) is 25.2 Å². The van der Waals surface area contributed by atoms with E-state index in [1.54, 1.807) is 24.5 Å². The molecule has 4 nitrogen and oxygen atoms in total. The van der Waals surface area contributed by atoms with Gasteiger partial charge in [-0.25, -0.2) is 4.79 Å². The van der Waals surface area contributed by atoms with E-state index in [1.807, 2.05) is 6.92 Å². The molecule has 0 aliphatic heterocycles. The SMILES string of the molecule is CCOC(=O)c1c(C)cc(=O)n(CC2(C(C)C)CC2)c1C. The molecule has 1 aliphatic carbocycles. The first-order valence-corrected chi connectivity index (χ1v) is 7.70. The summed E-state index contributed by atoms with van der Waals surface area (Å²) >= 11 is 0. The van der Waals surface area contributed by atoms with E-state index in [0.29, 0.717) is 30.2 Å². The lowest BCUT2D eigenvalue weighted by molar-refractivity contribution is 0.0523. The molecule has 0 atom stereocenters. The fourth-order valence-electron chi connectivity index (χ4n) is 3.02. The molecule has 0 saturated heterocycles. The number of esters is 1. The largest absolute Gasteiger partial charge is 0.462 e. The molecule has 0 spiro atoms. The van der Waals surface area contributed by atoms with Gasteiger partial charge in [0.1, 0.15) is 0 Å². The molecule has 1 aliphatic rings. The number of carbonyl (C=O) groups is 1. The Morgan fingerprint density at radius 1 is 1.38 bits per heavy atom. The van der Waals surface area contributed by atoms with E-state index < -0.39 is 0 Å². The normalized spacial score (nSPS) is 16.1. The maximum absolute atomic E-state index is 12.3. The number of hydrogen-bond donors (Lipinski definition) is 0. The quantitative estimate of drug-likeness (QED) is 0.783. The van der Waals surface area contributed by atoms with Crippen LogP contribution in [0.25, 0.3) is 0 Å². The molecule has 0 unspecified atom stereocenters. The Hall–Kier alpha value is -1.58. The Morgan fingerprint density at radius 3 is 2.48 bits per heavy atom. The van der Waals surface area contributed by atoms with Crippen LogP contribution in [0.15, 0.2) is 10.9 Å². The summed E-state index contributed by atoms with van der Waals surface area (Å²) in [5.74, 6) is 0.201. The Balaban J connectivity index is 2.45. The zero-order valence-electron chi connectivity index (χ0n) is 13.7. The van der Waals surface area contributed by atoms with Crippen molar-refractivity contribution in [2.24, 2.45) is 11.3 Å². The third-order valence-electron chi connectivity index (χ3n) is 4.84. The Morgan fingerprint density at radius 2 is 2.00 bits per heavy atom. The second-order valence-electron chi connectivity index (χ2n) is 6.45. The van der Waals surface area contributed by atoms with Gasteiger partial charge < -0.3 is 9.30 Å². The molecule has 21 heavy (non-hydrogen) atoms. The van der Waals surface area contributed by atoms with Crippen LogP contribution in [0.4, 0.5) is 0 Å².